The van der Waals surface area contributed by atoms with Crippen LogP contribution in [0.25, 0.3) is 0 Å². The molecule has 0 radical (unpaired) electrons. The van der Waals surface area contributed by atoms with E-state index < -0.39 is 47.6 Å². The van der Waals surface area contributed by atoms with E-state index in [1.54, 1.807) is 31.2 Å². The highest BCUT2D eigenvalue weighted by atomic mass is 16.6. The van der Waals surface area contributed by atoms with Gasteiger partial charge in [0.2, 0.25) is 0 Å². The van der Waals surface area contributed by atoms with Crippen molar-refractivity contribution in [2.45, 2.75) is 55.7 Å². The Hall–Kier alpha value is -2.20. The molecule has 1 saturated carbocycles. The summed E-state index contributed by atoms with van der Waals surface area (Å²) in [5, 5.41) is 38.0. The van der Waals surface area contributed by atoms with E-state index in [4.69, 9.17) is 10.5 Å². The summed E-state index contributed by atoms with van der Waals surface area (Å²) in [6, 6.07) is 4.49. The van der Waals surface area contributed by atoms with Gasteiger partial charge >= 0.3 is 6.09 Å². The van der Waals surface area contributed by atoms with Crippen molar-refractivity contribution in [2.75, 3.05) is 11.9 Å². The van der Waals surface area contributed by atoms with Gasteiger partial charge in [-0.05, 0) is 32.9 Å². The highest BCUT2D eigenvalue weighted by Crippen LogP contribution is 2.50. The molecule has 1 aliphatic carbocycles. The van der Waals surface area contributed by atoms with Crippen molar-refractivity contribution in [3.63, 3.8) is 0 Å². The molecule has 2 fully saturated rings. The molecule has 3 rings (SSSR count). The maximum absolute atomic E-state index is 11.8. The molecule has 7 N–H and O–H groups in total. The molecule has 1 aromatic carbocycles. The highest BCUT2D eigenvalue weighted by molar-refractivity contribution is 5.94. The Morgan fingerprint density at radius 3 is 2.59 bits per heavy atom. The standard InChI is InChI=1S/C18H25N3O6/c1-9(23)11-5-4-6-12(7-11)20-14-13(19)18(10(2)27-15(24)21-18)16(3,25)17(14,26)8-22/h4-7,10,13-14,20,22,25-26H,8,19H2,1-3H3,(H,21,24). The monoisotopic (exact) mass is 379 g/mol. The Morgan fingerprint density at radius 2 is 2.07 bits per heavy atom. The number of aliphatic hydroxyl groups excluding tert-OH is 1. The first-order valence-corrected chi connectivity index (χ1v) is 8.69. The van der Waals surface area contributed by atoms with E-state index in [9.17, 15) is 24.9 Å². The first-order valence-electron chi connectivity index (χ1n) is 8.69. The Morgan fingerprint density at radius 1 is 1.41 bits per heavy atom. The first-order chi connectivity index (χ1) is 12.5. The summed E-state index contributed by atoms with van der Waals surface area (Å²) in [5.74, 6) is -0.139. The molecule has 9 nitrogen and oxygen atoms in total. The summed E-state index contributed by atoms with van der Waals surface area (Å²) < 4.78 is 5.14. The van der Waals surface area contributed by atoms with E-state index in [-0.39, 0.29) is 5.78 Å². The molecule has 1 amide bonds. The van der Waals surface area contributed by atoms with Crippen molar-refractivity contribution in [3.8, 4) is 0 Å². The third-order valence-corrected chi connectivity index (χ3v) is 6.11. The van der Waals surface area contributed by atoms with Crippen LogP contribution >= 0.6 is 0 Å². The number of hydrogen-bond donors (Lipinski definition) is 6. The minimum absolute atomic E-state index is 0.139. The van der Waals surface area contributed by atoms with E-state index in [1.165, 1.54) is 13.8 Å². The summed E-state index contributed by atoms with van der Waals surface area (Å²) in [4.78, 5) is 23.5. The Labute approximate surface area is 156 Å². The number of nitrogens with one attached hydrogen (secondary N) is 2. The Bertz CT molecular complexity index is 784. The van der Waals surface area contributed by atoms with Crippen molar-refractivity contribution >= 4 is 17.6 Å². The van der Waals surface area contributed by atoms with Gasteiger partial charge in [0.25, 0.3) is 0 Å². The first kappa shape index (κ1) is 19.6. The summed E-state index contributed by atoms with van der Waals surface area (Å²) in [5.41, 5.74) is 1.66. The third kappa shape index (κ3) is 2.46. The number of benzene rings is 1. The number of amides is 1. The molecule has 1 heterocycles. The number of Topliss-reactive ketones (excluding diaryl/α,β-unsaturated/α-hetero) is 1. The average molecular weight is 379 g/mol. The maximum Gasteiger partial charge on any atom is 0.408 e. The SMILES string of the molecule is CC(=O)c1cccc(NC2C(N)C3(NC(=O)OC3C)C(C)(O)C2(O)CO)c1. The van der Waals surface area contributed by atoms with Gasteiger partial charge in [0.05, 0.1) is 18.7 Å². The number of hydrogen-bond acceptors (Lipinski definition) is 8. The second-order valence-corrected chi connectivity index (χ2v) is 7.48. The number of anilines is 1. The molecule has 6 atom stereocenters. The summed E-state index contributed by atoms with van der Waals surface area (Å²) in [7, 11) is 0. The predicted molar refractivity (Wildman–Crippen MR) is 96.3 cm³/mol. The minimum Gasteiger partial charge on any atom is -0.444 e. The van der Waals surface area contributed by atoms with Gasteiger partial charge in [0.15, 0.2) is 5.78 Å². The Balaban J connectivity index is 2.06. The van der Waals surface area contributed by atoms with Crippen molar-refractivity contribution in [1.82, 2.24) is 5.32 Å². The van der Waals surface area contributed by atoms with Gasteiger partial charge in [-0.25, -0.2) is 4.79 Å². The molecule has 6 unspecified atom stereocenters. The third-order valence-electron chi connectivity index (χ3n) is 6.11. The van der Waals surface area contributed by atoms with Crippen LogP contribution in [-0.2, 0) is 4.74 Å². The van der Waals surface area contributed by atoms with Crippen LogP contribution in [0.3, 0.4) is 0 Å². The van der Waals surface area contributed by atoms with Gasteiger partial charge < -0.3 is 36.4 Å². The number of ketones is 1. The number of nitrogens with two attached hydrogens (primary N) is 1. The van der Waals surface area contributed by atoms with Crippen molar-refractivity contribution in [3.05, 3.63) is 29.8 Å². The van der Waals surface area contributed by atoms with Gasteiger partial charge in [0.1, 0.15) is 22.8 Å². The van der Waals surface area contributed by atoms with Crippen LogP contribution in [0.1, 0.15) is 31.1 Å². The van der Waals surface area contributed by atoms with Gasteiger partial charge in [-0.15, -0.1) is 0 Å². The molecule has 1 aliphatic heterocycles. The second kappa shape index (κ2) is 6.16. The zero-order valence-corrected chi connectivity index (χ0v) is 15.4. The smallest absolute Gasteiger partial charge is 0.408 e. The summed E-state index contributed by atoms with van der Waals surface area (Å²) in [6.07, 6.45) is -1.62. The molecular formula is C18H25N3O6. The zero-order chi connectivity index (χ0) is 20.2. The fourth-order valence-corrected chi connectivity index (χ4v) is 4.44. The lowest BCUT2D eigenvalue weighted by molar-refractivity contribution is -0.176. The van der Waals surface area contributed by atoms with Crippen LogP contribution in [0.15, 0.2) is 24.3 Å². The topological polar surface area (TPSA) is 154 Å². The minimum atomic E-state index is -2.10. The van der Waals surface area contributed by atoms with E-state index in [1.807, 2.05) is 0 Å². The number of alkyl carbamates (subject to hydrolysis) is 1. The quantitative estimate of drug-likeness (QED) is 0.377. The summed E-state index contributed by atoms with van der Waals surface area (Å²) in [6.45, 7) is 3.48. The lowest BCUT2D eigenvalue weighted by atomic mass is 9.74. The van der Waals surface area contributed by atoms with Crippen molar-refractivity contribution in [2.24, 2.45) is 5.73 Å². The lowest BCUT2D eigenvalue weighted by Gasteiger charge is -2.44. The molecule has 1 aromatic rings. The van der Waals surface area contributed by atoms with Gasteiger partial charge in [0, 0.05) is 11.3 Å². The predicted octanol–water partition coefficient (Wildman–Crippen LogP) is -0.648. The van der Waals surface area contributed by atoms with E-state index >= 15 is 0 Å². The van der Waals surface area contributed by atoms with E-state index in [2.05, 4.69) is 10.6 Å². The van der Waals surface area contributed by atoms with Gasteiger partial charge in [-0.2, -0.15) is 0 Å². The maximum atomic E-state index is 11.8. The van der Waals surface area contributed by atoms with Crippen LogP contribution in [0.4, 0.5) is 10.5 Å². The van der Waals surface area contributed by atoms with Gasteiger partial charge in [-0.1, -0.05) is 12.1 Å². The molecule has 0 aromatic heterocycles. The fourth-order valence-electron chi connectivity index (χ4n) is 4.44. The van der Waals surface area contributed by atoms with Crippen molar-refractivity contribution in [1.29, 1.82) is 0 Å². The largest absolute Gasteiger partial charge is 0.444 e. The van der Waals surface area contributed by atoms with Crippen LogP contribution < -0.4 is 16.4 Å². The van der Waals surface area contributed by atoms with Crippen LogP contribution in [0.2, 0.25) is 0 Å². The molecule has 0 bridgehead atoms. The Kier molecular flexibility index (Phi) is 4.47. The zero-order valence-electron chi connectivity index (χ0n) is 15.4. The number of ether oxygens (including phenoxy) is 1. The summed E-state index contributed by atoms with van der Waals surface area (Å²) >= 11 is 0. The molecule has 1 saturated heterocycles. The van der Waals surface area contributed by atoms with Crippen LogP contribution in [0.5, 0.6) is 0 Å². The van der Waals surface area contributed by atoms with Crippen molar-refractivity contribution < 1.29 is 29.6 Å². The number of carbonyl (C=O) groups excluding carboxylic acids is 2. The number of cyclic esters (lactones) is 1. The molecule has 2 aliphatic rings. The van der Waals surface area contributed by atoms with E-state index in [0.29, 0.717) is 11.3 Å². The van der Waals surface area contributed by atoms with E-state index in [0.717, 1.165) is 0 Å². The second-order valence-electron chi connectivity index (χ2n) is 7.48. The number of rotatable bonds is 4. The lowest BCUT2D eigenvalue weighted by Crippen LogP contribution is -2.72. The highest BCUT2D eigenvalue weighted by Gasteiger charge is 2.78. The van der Waals surface area contributed by atoms with Gasteiger partial charge in [-0.3, -0.25) is 4.79 Å². The van der Waals surface area contributed by atoms with Crippen LogP contribution in [0, 0.1) is 0 Å². The molecule has 1 spiro atoms. The normalized spacial score (nSPS) is 40.7. The molecule has 148 valence electrons. The fraction of sp³-hybridized carbons (Fsp3) is 0.556. The molecular weight excluding hydrogens is 354 g/mol. The molecule has 9 heteroatoms. The number of carbonyl (C=O) groups is 2. The average Bonchev–Trinajstić information content (AvgIpc) is 2.98. The number of aliphatic hydroxyl groups is 3. The molecule has 27 heavy (non-hydrogen) atoms. The van der Waals surface area contributed by atoms with Crippen LogP contribution in [-0.4, -0.2) is 68.7 Å².